The number of unbranched alkanes of at least 4 members (excludes halogenated alkanes) is 3. The number of benzene rings is 2. The van der Waals surface area contributed by atoms with Crippen molar-refractivity contribution in [3.63, 3.8) is 0 Å². The molecule has 11 aliphatic rings. The number of piperidine rings is 1. The summed E-state index contributed by atoms with van der Waals surface area (Å²) in [5, 5.41) is 47.5. The average molecular weight is 1330 g/mol. The molecule has 3 unspecified atom stereocenters. The number of likely N-dealkylation sites (tertiary alicyclic amines) is 1. The molecule has 97 heavy (non-hydrogen) atoms. The van der Waals surface area contributed by atoms with Gasteiger partial charge in [-0.05, 0) is 223 Å². The molecule has 2 aromatic carbocycles. The molecule has 6 saturated carbocycles. The normalized spacial score (nSPS) is 38.2. The van der Waals surface area contributed by atoms with E-state index in [4.69, 9.17) is 14.2 Å². The Morgan fingerprint density at radius 3 is 2.28 bits per heavy atom. The lowest BCUT2D eigenvalue weighted by molar-refractivity contribution is -0.245. The number of allylic oxidation sites excluding steroid dienone is 2. The molecule has 2 aromatic rings. The number of carbonyl (C=O) groups is 6. The number of nitrogens with zero attached hydrogens (tertiary/aromatic N) is 1. The molecule has 3 heterocycles. The third-order valence-electron chi connectivity index (χ3n) is 28.0. The highest BCUT2D eigenvalue weighted by Gasteiger charge is 2.71. The summed E-state index contributed by atoms with van der Waals surface area (Å²) < 4.78 is 19.0. The van der Waals surface area contributed by atoms with Crippen LogP contribution in [0.5, 0.6) is 0 Å². The Morgan fingerprint density at radius 2 is 1.51 bits per heavy atom. The third-order valence-corrected chi connectivity index (χ3v) is 28.0. The lowest BCUT2D eigenvalue weighted by Crippen LogP contribution is -2.67. The highest BCUT2D eigenvalue weighted by Crippen LogP contribution is 2.71. The van der Waals surface area contributed by atoms with Gasteiger partial charge in [0.25, 0.3) is 5.91 Å². The number of aliphatic hydroxyl groups is 3. The van der Waals surface area contributed by atoms with Gasteiger partial charge in [-0.2, -0.15) is 0 Å². The van der Waals surface area contributed by atoms with Crippen LogP contribution in [0.15, 0.2) is 89.0 Å². The Hall–Kier alpha value is -5.56. The van der Waals surface area contributed by atoms with Gasteiger partial charge in [-0.3, -0.25) is 28.9 Å². The van der Waals surface area contributed by atoms with E-state index < -0.39 is 29.1 Å². The maximum absolute atomic E-state index is 14.4. The van der Waals surface area contributed by atoms with E-state index in [1.54, 1.807) is 48.0 Å². The van der Waals surface area contributed by atoms with Crippen LogP contribution in [-0.4, -0.2) is 149 Å². The molecule has 0 bridgehead atoms. The molecule has 2 saturated heterocycles. The number of cyclic esters (lactones) is 1. The van der Waals surface area contributed by atoms with Crippen molar-refractivity contribution in [2.75, 3.05) is 45.9 Å². The van der Waals surface area contributed by atoms with Crippen molar-refractivity contribution in [3.05, 3.63) is 106 Å². The first-order valence-electron chi connectivity index (χ1n) is 37.7. The molecular formula is C80H111N5O12. The summed E-state index contributed by atoms with van der Waals surface area (Å²) in [7, 11) is 0. The minimum Gasteiger partial charge on any atom is -0.458 e. The first kappa shape index (κ1) is 69.9. The second-order valence-corrected chi connectivity index (χ2v) is 32.9. The van der Waals surface area contributed by atoms with Crippen molar-refractivity contribution >= 4 is 35.4 Å². The number of rotatable bonds is 23. The molecule has 1 spiro atoms. The Bertz CT molecular complexity index is 3370. The van der Waals surface area contributed by atoms with Gasteiger partial charge < -0.3 is 50.8 Å². The van der Waals surface area contributed by atoms with Gasteiger partial charge in [0, 0.05) is 79.3 Å². The van der Waals surface area contributed by atoms with Gasteiger partial charge in [-0.1, -0.05) is 101 Å². The molecule has 8 aliphatic carbocycles. The van der Waals surface area contributed by atoms with Crippen molar-refractivity contribution in [2.24, 2.45) is 69.5 Å². The molecule has 13 rings (SSSR count). The second kappa shape index (κ2) is 28.5. The number of carbonyl (C=O) groups excluding carboxylic acids is 6. The third kappa shape index (κ3) is 13.2. The monoisotopic (exact) mass is 1330 g/mol. The minimum atomic E-state index is -1.02. The fourth-order valence-corrected chi connectivity index (χ4v) is 22.6. The largest absolute Gasteiger partial charge is 0.458 e. The smallest absolute Gasteiger partial charge is 0.331 e. The molecule has 17 nitrogen and oxygen atoms in total. The number of amides is 4. The Labute approximate surface area is 575 Å². The van der Waals surface area contributed by atoms with E-state index >= 15 is 0 Å². The van der Waals surface area contributed by atoms with Gasteiger partial charge in [-0.15, -0.1) is 0 Å². The number of fused-ring (bicyclic) bond motifs is 11. The summed E-state index contributed by atoms with van der Waals surface area (Å²) in [5.41, 5.74) is 4.94. The van der Waals surface area contributed by atoms with Gasteiger partial charge in [0.15, 0.2) is 5.78 Å². The van der Waals surface area contributed by atoms with Gasteiger partial charge in [0.2, 0.25) is 17.7 Å². The van der Waals surface area contributed by atoms with E-state index in [1.807, 2.05) is 25.1 Å². The van der Waals surface area contributed by atoms with Gasteiger partial charge in [0.05, 0.1) is 35.6 Å². The van der Waals surface area contributed by atoms with Crippen molar-refractivity contribution in [1.82, 2.24) is 26.2 Å². The highest BCUT2D eigenvalue weighted by molar-refractivity contribution is 6.09. The molecule has 528 valence electrons. The maximum atomic E-state index is 14.4. The predicted molar refractivity (Wildman–Crippen MR) is 369 cm³/mol. The number of hydrogen-bond donors (Lipinski definition) is 7. The summed E-state index contributed by atoms with van der Waals surface area (Å²) in [6.45, 7) is 17.2. The SMILES string of the molecule is CC1=C2C[C@H]3[C@@H](CC=C4C[C@@H](O)CC[C@@]43C)[C@@H]2CC[C@]12O[C@@H]1C[C@H](C)CN(CCNC(=O)C(CCCCNC(=O)CCCCCNC(=O)COC3CC[C@@]4(C)[C@H](CC[C@@H]5[C@@H]4C[C@@H](O)[C@]4(C)C(C6=CC(=O)OC6)CC[C@]54O)C3)NC(=O)c3ccc(C(=O)c4ccccc4)cc3)[C@H]1[C@H]2C. The van der Waals surface area contributed by atoms with Crippen molar-refractivity contribution in [1.29, 1.82) is 0 Å². The van der Waals surface area contributed by atoms with E-state index in [1.165, 1.54) is 11.1 Å². The lowest BCUT2D eigenvalue weighted by atomic mass is 9.42. The van der Waals surface area contributed by atoms with Crippen LogP contribution in [0.1, 0.15) is 216 Å². The molecule has 7 N–H and O–H groups in total. The summed E-state index contributed by atoms with van der Waals surface area (Å²) in [6, 6.07) is 14.9. The zero-order chi connectivity index (χ0) is 68.2. The molecular weight excluding hydrogens is 1220 g/mol. The van der Waals surface area contributed by atoms with Crippen molar-refractivity contribution in [2.45, 2.75) is 237 Å². The van der Waals surface area contributed by atoms with Crippen molar-refractivity contribution < 1.29 is 58.3 Å². The van der Waals surface area contributed by atoms with Crippen LogP contribution < -0.4 is 21.3 Å². The molecule has 17 heteroatoms. The number of ether oxygens (including phenoxy) is 3. The first-order chi connectivity index (χ1) is 46.5. The standard InChI is InChI=1S/C80H111N5O12/c1-48-39-67-72(50(3)79(97-67)33-29-59-60-25-23-55-41-57(86)27-31-76(55,4)64(60)43-61(59)49(79)2)85(45-48)38-37-83-75(93)66(84-74(92)53-21-19-52(20-22-53)73(91)51-15-9-7-10-16-51)17-12-14-36-81-69(88)18-11-8-13-35-82-70(89)47-95-58-28-32-77(5)56(42-58)24-26-63-65(77)44-68(87)78(6)62(30-34-80(63,78)94)54-40-71(90)96-46-54/h7,9-10,15-16,19-23,40,48,50,56-60,62-68,72,86-87,94H,8,11-14,17-18,24-39,41-47H2,1-6H3,(H,81,88)(H,82,89)(H,83,93)(H,84,92)/t48-,50+,56+,57-,58?,59-,60-,62?,63+,64-,65-,66?,67+,68+,72-,76-,77-,78-,79-,80-/m0/s1. The predicted octanol–water partition coefficient (Wildman–Crippen LogP) is 10.4. The van der Waals surface area contributed by atoms with E-state index in [9.17, 15) is 44.1 Å². The summed E-state index contributed by atoms with van der Waals surface area (Å²) in [4.78, 5) is 82.1. The van der Waals surface area contributed by atoms with Crippen LogP contribution >= 0.6 is 0 Å². The van der Waals surface area contributed by atoms with Crippen LogP contribution in [0, 0.1) is 69.5 Å². The Morgan fingerprint density at radius 1 is 0.753 bits per heavy atom. The number of esters is 1. The number of nitrogens with one attached hydrogen (secondary N) is 4. The zero-order valence-electron chi connectivity index (χ0n) is 58.7. The highest BCUT2D eigenvalue weighted by atomic mass is 16.5. The molecule has 20 atom stereocenters. The van der Waals surface area contributed by atoms with Crippen LogP contribution in [-0.2, 0) is 33.4 Å². The quantitative estimate of drug-likeness (QED) is 0.0237. The Balaban J connectivity index is 0.545. The average Bonchev–Trinajstić information content (AvgIpc) is 1.64. The number of aliphatic hydroxyl groups excluding tert-OH is 2. The molecule has 0 aromatic heterocycles. The first-order valence-corrected chi connectivity index (χ1v) is 37.7. The number of hydrogen-bond acceptors (Lipinski definition) is 13. The summed E-state index contributed by atoms with van der Waals surface area (Å²) in [5.74, 6) is 1.77. The van der Waals surface area contributed by atoms with Gasteiger partial charge in [0.1, 0.15) is 19.3 Å². The number of ketones is 1. The fraction of sp³-hybridized carbons (Fsp3) is 0.700. The van der Waals surface area contributed by atoms with E-state index in [-0.39, 0.29) is 107 Å². The second-order valence-electron chi connectivity index (χ2n) is 32.9. The lowest BCUT2D eigenvalue weighted by Gasteiger charge is -2.65. The van der Waals surface area contributed by atoms with E-state index in [0.29, 0.717) is 117 Å². The summed E-state index contributed by atoms with van der Waals surface area (Å²) in [6.07, 6.45) is 22.0. The van der Waals surface area contributed by atoms with E-state index in [2.05, 4.69) is 66.9 Å². The van der Waals surface area contributed by atoms with Crippen LogP contribution in [0.25, 0.3) is 0 Å². The summed E-state index contributed by atoms with van der Waals surface area (Å²) >= 11 is 0. The topological polar surface area (TPSA) is 242 Å². The van der Waals surface area contributed by atoms with Crippen molar-refractivity contribution in [3.8, 4) is 0 Å². The molecule has 8 fully saturated rings. The fourth-order valence-electron chi connectivity index (χ4n) is 22.6. The van der Waals surface area contributed by atoms with Gasteiger partial charge >= 0.3 is 5.97 Å². The zero-order valence-corrected chi connectivity index (χ0v) is 58.7. The van der Waals surface area contributed by atoms with E-state index in [0.717, 1.165) is 115 Å². The molecule has 3 aliphatic heterocycles. The molecule has 4 amide bonds. The van der Waals surface area contributed by atoms with Crippen LogP contribution in [0.3, 0.4) is 0 Å². The van der Waals surface area contributed by atoms with Crippen LogP contribution in [0.2, 0.25) is 0 Å². The van der Waals surface area contributed by atoms with Crippen LogP contribution in [0.4, 0.5) is 0 Å². The maximum Gasteiger partial charge on any atom is 0.331 e. The van der Waals surface area contributed by atoms with Gasteiger partial charge in [-0.25, -0.2) is 4.79 Å². The Kier molecular flexibility index (Phi) is 20.5. The molecule has 0 radical (unpaired) electrons. The minimum absolute atomic E-state index is 0.00387.